The Labute approximate surface area is 124 Å². The number of fused-ring (bicyclic) bond motifs is 1. The van der Waals surface area contributed by atoms with Gasteiger partial charge in [0.05, 0.1) is 12.2 Å². The first-order valence-electron chi connectivity index (χ1n) is 8.56. The fraction of sp³-hybridized carbons (Fsp3) is 1.00. The fourth-order valence-electron chi connectivity index (χ4n) is 3.87. The van der Waals surface area contributed by atoms with Crippen molar-refractivity contribution in [3.63, 3.8) is 0 Å². The highest BCUT2D eigenvalue weighted by Crippen LogP contribution is 2.42. The summed E-state index contributed by atoms with van der Waals surface area (Å²) in [5.41, 5.74) is 0. The average molecular weight is 284 g/mol. The van der Waals surface area contributed by atoms with Gasteiger partial charge < -0.3 is 14.2 Å². The summed E-state index contributed by atoms with van der Waals surface area (Å²) in [7, 11) is 0. The molecular weight excluding hydrogens is 252 g/mol. The van der Waals surface area contributed by atoms with E-state index in [0.29, 0.717) is 31.3 Å². The zero-order valence-electron chi connectivity index (χ0n) is 13.7. The summed E-state index contributed by atoms with van der Waals surface area (Å²) in [6.07, 6.45) is 8.73. The molecule has 1 aliphatic carbocycles. The molecule has 0 aromatic heterocycles. The summed E-state index contributed by atoms with van der Waals surface area (Å²) in [5, 5.41) is 0. The molecule has 0 spiro atoms. The number of ether oxygens (including phenoxy) is 3. The Morgan fingerprint density at radius 3 is 2.35 bits per heavy atom. The molecule has 0 aromatic rings. The van der Waals surface area contributed by atoms with Crippen molar-refractivity contribution >= 4 is 0 Å². The van der Waals surface area contributed by atoms with E-state index in [0.717, 1.165) is 12.3 Å². The quantitative estimate of drug-likeness (QED) is 0.471. The van der Waals surface area contributed by atoms with E-state index < -0.39 is 5.79 Å². The zero-order chi connectivity index (χ0) is 14.6. The first-order valence-corrected chi connectivity index (χ1v) is 8.56. The molecule has 3 heteroatoms. The van der Waals surface area contributed by atoms with Crippen LogP contribution in [0.3, 0.4) is 0 Å². The highest BCUT2D eigenvalue weighted by molar-refractivity contribution is 4.92. The monoisotopic (exact) mass is 284 g/mol. The van der Waals surface area contributed by atoms with E-state index in [2.05, 4.69) is 27.7 Å². The number of epoxide rings is 1. The van der Waals surface area contributed by atoms with E-state index in [-0.39, 0.29) is 0 Å². The topological polar surface area (TPSA) is 31.0 Å². The van der Waals surface area contributed by atoms with Gasteiger partial charge >= 0.3 is 0 Å². The average Bonchev–Trinajstić information content (AvgIpc) is 3.18. The number of hydrogen-bond donors (Lipinski definition) is 0. The summed E-state index contributed by atoms with van der Waals surface area (Å²) in [6, 6.07) is 0. The van der Waals surface area contributed by atoms with Crippen LogP contribution in [0, 0.1) is 11.8 Å². The van der Waals surface area contributed by atoms with E-state index >= 15 is 0 Å². The van der Waals surface area contributed by atoms with Crippen molar-refractivity contribution < 1.29 is 14.2 Å². The Bertz CT molecular complexity index is 286. The maximum Gasteiger partial charge on any atom is 0.168 e. The van der Waals surface area contributed by atoms with Crippen LogP contribution in [0.15, 0.2) is 0 Å². The second-order valence-corrected chi connectivity index (χ2v) is 6.46. The van der Waals surface area contributed by atoms with Gasteiger partial charge in [0.1, 0.15) is 0 Å². The van der Waals surface area contributed by atoms with Crippen LogP contribution in [0.4, 0.5) is 0 Å². The highest BCUT2D eigenvalue weighted by atomic mass is 16.7. The van der Waals surface area contributed by atoms with Crippen molar-refractivity contribution in [1.82, 2.24) is 0 Å². The molecule has 3 nitrogen and oxygen atoms in total. The Morgan fingerprint density at radius 2 is 1.80 bits per heavy atom. The maximum absolute atomic E-state index is 5.95. The lowest BCUT2D eigenvalue weighted by Gasteiger charge is -2.37. The Hall–Kier alpha value is -0.120. The van der Waals surface area contributed by atoms with Gasteiger partial charge in [-0.3, -0.25) is 0 Å². The molecular formula is C17H32O3. The minimum Gasteiger partial charge on any atom is -0.370 e. The molecule has 0 bridgehead atoms. The lowest BCUT2D eigenvalue weighted by Crippen LogP contribution is -2.41. The van der Waals surface area contributed by atoms with Gasteiger partial charge in [-0.05, 0) is 65.2 Å². The normalized spacial score (nSPS) is 30.9. The molecule has 20 heavy (non-hydrogen) atoms. The minimum absolute atomic E-state index is 0.411. The van der Waals surface area contributed by atoms with E-state index in [1.165, 1.54) is 32.1 Å². The number of rotatable bonds is 9. The van der Waals surface area contributed by atoms with Gasteiger partial charge in [0.25, 0.3) is 0 Å². The summed E-state index contributed by atoms with van der Waals surface area (Å²) in [5.74, 6) is 0.923. The molecule has 2 aliphatic rings. The van der Waals surface area contributed by atoms with Crippen LogP contribution in [0.2, 0.25) is 0 Å². The SMILES string of the molecule is CCOC(C)(OCC)C(CC)CCC1CCC2OC2C1. The smallest absolute Gasteiger partial charge is 0.168 e. The van der Waals surface area contributed by atoms with Gasteiger partial charge in [-0.1, -0.05) is 6.92 Å². The molecule has 2 rings (SSSR count). The third-order valence-corrected chi connectivity index (χ3v) is 5.13. The van der Waals surface area contributed by atoms with Gasteiger partial charge in [0.2, 0.25) is 0 Å². The van der Waals surface area contributed by atoms with E-state index in [9.17, 15) is 0 Å². The van der Waals surface area contributed by atoms with Crippen molar-refractivity contribution in [1.29, 1.82) is 0 Å². The molecule has 0 aromatic carbocycles. The number of hydrogen-bond acceptors (Lipinski definition) is 3. The van der Waals surface area contributed by atoms with Crippen molar-refractivity contribution in [2.45, 2.75) is 84.2 Å². The molecule has 4 atom stereocenters. The van der Waals surface area contributed by atoms with Gasteiger partial charge in [-0.25, -0.2) is 0 Å². The molecule has 0 radical (unpaired) electrons. The van der Waals surface area contributed by atoms with Gasteiger partial charge in [0, 0.05) is 19.1 Å². The van der Waals surface area contributed by atoms with E-state index in [1.807, 2.05) is 0 Å². The van der Waals surface area contributed by atoms with Crippen LogP contribution in [0.5, 0.6) is 0 Å². The molecule has 4 unspecified atom stereocenters. The summed E-state index contributed by atoms with van der Waals surface area (Å²) in [4.78, 5) is 0. The third kappa shape index (κ3) is 3.96. The molecule has 0 amide bonds. The second-order valence-electron chi connectivity index (χ2n) is 6.46. The standard InChI is InChI=1S/C17H32O3/c1-5-14(17(4,18-6-2)19-7-3)10-8-13-9-11-15-16(12-13)20-15/h13-16H,5-12H2,1-4H3. The van der Waals surface area contributed by atoms with E-state index in [1.54, 1.807) is 0 Å². The molecule has 1 saturated carbocycles. The zero-order valence-corrected chi connectivity index (χ0v) is 13.7. The van der Waals surface area contributed by atoms with Gasteiger partial charge in [-0.2, -0.15) is 0 Å². The lowest BCUT2D eigenvalue weighted by molar-refractivity contribution is -0.254. The molecule has 1 saturated heterocycles. The van der Waals surface area contributed by atoms with Crippen LogP contribution in [-0.2, 0) is 14.2 Å². The van der Waals surface area contributed by atoms with Gasteiger partial charge in [0.15, 0.2) is 5.79 Å². The molecule has 1 heterocycles. The minimum atomic E-state index is -0.411. The van der Waals surface area contributed by atoms with Crippen molar-refractivity contribution in [3.05, 3.63) is 0 Å². The molecule has 2 fully saturated rings. The predicted octanol–water partition coefficient (Wildman–Crippen LogP) is 4.15. The van der Waals surface area contributed by atoms with Crippen LogP contribution in [0.1, 0.15) is 66.2 Å². The fourth-order valence-corrected chi connectivity index (χ4v) is 3.87. The Balaban J connectivity index is 1.82. The molecule has 0 N–H and O–H groups in total. The second kappa shape index (κ2) is 7.24. The predicted molar refractivity (Wildman–Crippen MR) is 80.7 cm³/mol. The summed E-state index contributed by atoms with van der Waals surface area (Å²) < 4.78 is 17.5. The molecule has 1 aliphatic heterocycles. The molecule has 118 valence electrons. The van der Waals surface area contributed by atoms with Crippen molar-refractivity contribution in [3.8, 4) is 0 Å². The summed E-state index contributed by atoms with van der Waals surface area (Å²) >= 11 is 0. The van der Waals surface area contributed by atoms with Crippen molar-refractivity contribution in [2.24, 2.45) is 11.8 Å². The maximum atomic E-state index is 5.95. The van der Waals surface area contributed by atoms with Crippen LogP contribution in [0.25, 0.3) is 0 Å². The Kier molecular flexibility index (Phi) is 5.88. The van der Waals surface area contributed by atoms with Gasteiger partial charge in [-0.15, -0.1) is 0 Å². The first kappa shape index (κ1) is 16.3. The Morgan fingerprint density at radius 1 is 1.10 bits per heavy atom. The van der Waals surface area contributed by atoms with Crippen molar-refractivity contribution in [2.75, 3.05) is 13.2 Å². The van der Waals surface area contributed by atoms with E-state index in [4.69, 9.17) is 14.2 Å². The lowest BCUT2D eigenvalue weighted by atomic mass is 9.82. The third-order valence-electron chi connectivity index (χ3n) is 5.13. The van der Waals surface area contributed by atoms with Crippen LogP contribution >= 0.6 is 0 Å². The largest absolute Gasteiger partial charge is 0.370 e. The van der Waals surface area contributed by atoms with Crippen LogP contribution < -0.4 is 0 Å². The summed E-state index contributed by atoms with van der Waals surface area (Å²) in [6.45, 7) is 9.91. The van der Waals surface area contributed by atoms with Crippen LogP contribution in [-0.4, -0.2) is 31.2 Å². The first-order chi connectivity index (χ1) is 9.62. The highest BCUT2D eigenvalue weighted by Gasteiger charge is 2.44.